The molecule has 2 aromatic rings. The van der Waals surface area contributed by atoms with Crippen molar-refractivity contribution in [2.75, 3.05) is 7.05 Å². The van der Waals surface area contributed by atoms with Crippen molar-refractivity contribution in [2.24, 2.45) is 10.9 Å². The number of pyridine rings is 1. The summed E-state index contributed by atoms with van der Waals surface area (Å²) in [5.41, 5.74) is -0.671. The average molecular weight is 361 g/mol. The van der Waals surface area contributed by atoms with E-state index in [0.717, 1.165) is 18.7 Å². The van der Waals surface area contributed by atoms with Crippen molar-refractivity contribution < 1.29 is 13.2 Å². The average Bonchev–Trinajstić information content (AvgIpc) is 3.04. The molecular weight excluding hydrogens is 345 g/mol. The van der Waals surface area contributed by atoms with Gasteiger partial charge in [-0.25, -0.2) is 0 Å². The first-order chi connectivity index (χ1) is 11.3. The third kappa shape index (κ3) is 3.40. The Labute approximate surface area is 141 Å². The summed E-state index contributed by atoms with van der Waals surface area (Å²) in [5, 5.41) is 13.9. The molecule has 2 heterocycles. The summed E-state index contributed by atoms with van der Waals surface area (Å²) in [6.07, 6.45) is -2.48. The Balaban J connectivity index is 1.80. The molecule has 2 N–H and O–H groups in total. The van der Waals surface area contributed by atoms with Crippen LogP contribution in [0.15, 0.2) is 17.3 Å². The monoisotopic (exact) mass is 360 g/mol. The molecule has 2 aromatic heterocycles. The van der Waals surface area contributed by atoms with Crippen molar-refractivity contribution in [1.29, 1.82) is 0 Å². The molecule has 130 valence electrons. The number of fused-ring (bicyclic) bond motifs is 1. The largest absolute Gasteiger partial charge is 0.417 e. The summed E-state index contributed by atoms with van der Waals surface area (Å²) in [4.78, 5) is 4.09. The molecule has 2 unspecified atom stereocenters. The van der Waals surface area contributed by atoms with Gasteiger partial charge >= 0.3 is 6.18 Å². The maximum atomic E-state index is 12.9. The van der Waals surface area contributed by atoms with Gasteiger partial charge < -0.3 is 10.6 Å². The minimum Gasteiger partial charge on any atom is -0.353 e. The molecule has 24 heavy (non-hydrogen) atoms. The van der Waals surface area contributed by atoms with Gasteiger partial charge in [-0.05, 0) is 18.4 Å². The molecule has 0 bridgehead atoms. The minimum atomic E-state index is -4.49. The number of aromatic nitrogens is 3. The second-order valence-corrected chi connectivity index (χ2v) is 6.18. The fourth-order valence-electron chi connectivity index (χ4n) is 2.33. The second kappa shape index (κ2) is 6.12. The zero-order chi connectivity index (χ0) is 17.5. The number of nitrogens with zero attached hydrogens (tertiary/aromatic N) is 4. The van der Waals surface area contributed by atoms with Gasteiger partial charge in [-0.2, -0.15) is 13.2 Å². The Kier molecular flexibility index (Phi) is 4.29. The summed E-state index contributed by atoms with van der Waals surface area (Å²) in [6.45, 7) is 2.29. The van der Waals surface area contributed by atoms with Crippen molar-refractivity contribution in [1.82, 2.24) is 25.2 Å². The van der Waals surface area contributed by atoms with Crippen molar-refractivity contribution in [3.8, 4) is 0 Å². The highest BCUT2D eigenvalue weighted by atomic mass is 35.5. The maximum absolute atomic E-state index is 12.9. The smallest absolute Gasteiger partial charge is 0.353 e. The van der Waals surface area contributed by atoms with E-state index >= 15 is 0 Å². The van der Waals surface area contributed by atoms with Crippen LogP contribution in [0.4, 0.5) is 13.2 Å². The van der Waals surface area contributed by atoms with Crippen LogP contribution in [0.25, 0.3) is 5.65 Å². The van der Waals surface area contributed by atoms with Gasteiger partial charge in [0, 0.05) is 19.3 Å². The first kappa shape index (κ1) is 16.8. The van der Waals surface area contributed by atoms with Gasteiger partial charge in [0.2, 0.25) is 0 Å². The Hall–Kier alpha value is -2.03. The van der Waals surface area contributed by atoms with Crippen LogP contribution >= 0.6 is 11.6 Å². The third-order valence-electron chi connectivity index (χ3n) is 3.93. The standard InChI is InChI=1S/C14H16ClF3N6/c1-7-3-10(7)21-13(19-2)20-5-11-22-23-12-9(15)4-8(6-24(11)12)14(16,17)18/h4,6-7,10H,3,5H2,1-2H3,(H2,19,20,21). The minimum absolute atomic E-state index is 0.0992. The number of hydrogen-bond acceptors (Lipinski definition) is 3. The molecule has 6 nitrogen and oxygen atoms in total. The topological polar surface area (TPSA) is 66.6 Å². The molecule has 0 aromatic carbocycles. The molecule has 0 radical (unpaired) electrons. The third-order valence-corrected chi connectivity index (χ3v) is 4.21. The highest BCUT2D eigenvalue weighted by Gasteiger charge is 2.33. The molecule has 10 heteroatoms. The lowest BCUT2D eigenvalue weighted by Gasteiger charge is -2.11. The number of aliphatic imine (C=N–C) groups is 1. The van der Waals surface area contributed by atoms with E-state index in [9.17, 15) is 13.2 Å². The zero-order valence-electron chi connectivity index (χ0n) is 13.0. The van der Waals surface area contributed by atoms with Gasteiger partial charge in [0.1, 0.15) is 0 Å². The fourth-order valence-corrected chi connectivity index (χ4v) is 2.58. The van der Waals surface area contributed by atoms with Gasteiger partial charge in [0.25, 0.3) is 0 Å². The van der Waals surface area contributed by atoms with E-state index in [2.05, 4.69) is 32.7 Å². The summed E-state index contributed by atoms with van der Waals surface area (Å²) < 4.78 is 40.0. The van der Waals surface area contributed by atoms with E-state index in [0.29, 0.717) is 23.7 Å². The van der Waals surface area contributed by atoms with Crippen LogP contribution in [0.3, 0.4) is 0 Å². The lowest BCUT2D eigenvalue weighted by Crippen LogP contribution is -2.39. The van der Waals surface area contributed by atoms with E-state index in [1.54, 1.807) is 7.05 Å². The Morgan fingerprint density at radius 3 is 2.75 bits per heavy atom. The van der Waals surface area contributed by atoms with Gasteiger partial charge in [0.15, 0.2) is 17.4 Å². The number of rotatable bonds is 3. The summed E-state index contributed by atoms with van der Waals surface area (Å²) in [5.74, 6) is 1.47. The Morgan fingerprint density at radius 1 is 1.46 bits per heavy atom. The van der Waals surface area contributed by atoms with Crippen LogP contribution in [-0.2, 0) is 12.7 Å². The maximum Gasteiger partial charge on any atom is 0.417 e. The molecule has 1 aliphatic rings. The van der Waals surface area contributed by atoms with Gasteiger partial charge in [0.05, 0.1) is 17.1 Å². The number of nitrogens with one attached hydrogen (secondary N) is 2. The van der Waals surface area contributed by atoms with E-state index in [1.165, 1.54) is 4.40 Å². The van der Waals surface area contributed by atoms with Crippen molar-refractivity contribution in [3.05, 3.63) is 28.7 Å². The molecule has 0 aliphatic heterocycles. The summed E-state index contributed by atoms with van der Waals surface area (Å²) in [7, 11) is 1.63. The fraction of sp³-hybridized carbons (Fsp3) is 0.500. The first-order valence-corrected chi connectivity index (χ1v) is 7.75. The second-order valence-electron chi connectivity index (χ2n) is 5.77. The first-order valence-electron chi connectivity index (χ1n) is 7.37. The molecule has 0 saturated heterocycles. The van der Waals surface area contributed by atoms with Crippen molar-refractivity contribution in [2.45, 2.75) is 32.1 Å². The van der Waals surface area contributed by atoms with Crippen LogP contribution in [0, 0.1) is 5.92 Å². The predicted octanol–water partition coefficient (Wildman–Crippen LogP) is 2.47. The van der Waals surface area contributed by atoms with Gasteiger partial charge in [-0.1, -0.05) is 18.5 Å². The van der Waals surface area contributed by atoms with Crippen molar-refractivity contribution >= 4 is 23.2 Å². The number of guanidine groups is 1. The Bertz CT molecular complexity index is 785. The highest BCUT2D eigenvalue weighted by Crippen LogP contribution is 2.32. The zero-order valence-corrected chi connectivity index (χ0v) is 13.8. The molecule has 0 spiro atoms. The summed E-state index contributed by atoms with van der Waals surface area (Å²) >= 11 is 5.88. The molecule has 0 amide bonds. The summed E-state index contributed by atoms with van der Waals surface area (Å²) in [6, 6.07) is 1.22. The lowest BCUT2D eigenvalue weighted by molar-refractivity contribution is -0.137. The lowest BCUT2D eigenvalue weighted by atomic mass is 10.3. The number of halogens is 4. The van der Waals surface area contributed by atoms with E-state index in [4.69, 9.17) is 11.6 Å². The van der Waals surface area contributed by atoms with E-state index in [-0.39, 0.29) is 17.2 Å². The van der Waals surface area contributed by atoms with Crippen molar-refractivity contribution in [3.63, 3.8) is 0 Å². The molecule has 1 aliphatic carbocycles. The molecule has 1 saturated carbocycles. The van der Waals surface area contributed by atoms with E-state index < -0.39 is 11.7 Å². The molecule has 1 fully saturated rings. The van der Waals surface area contributed by atoms with Gasteiger partial charge in [-0.3, -0.25) is 9.39 Å². The quantitative estimate of drug-likeness (QED) is 0.652. The molecular formula is C14H16ClF3N6. The normalized spacial score (nSPS) is 21.2. The van der Waals surface area contributed by atoms with Gasteiger partial charge in [-0.15, -0.1) is 10.2 Å². The van der Waals surface area contributed by atoms with Crippen LogP contribution in [0.2, 0.25) is 5.02 Å². The molecule has 2 atom stereocenters. The Morgan fingerprint density at radius 2 is 2.17 bits per heavy atom. The van der Waals surface area contributed by atoms with Crippen LogP contribution in [0.1, 0.15) is 24.7 Å². The predicted molar refractivity (Wildman–Crippen MR) is 83.9 cm³/mol. The number of alkyl halides is 3. The number of hydrogen-bond donors (Lipinski definition) is 2. The van der Waals surface area contributed by atoms with Crippen LogP contribution in [0.5, 0.6) is 0 Å². The van der Waals surface area contributed by atoms with Crippen LogP contribution in [-0.4, -0.2) is 33.6 Å². The SMILES string of the molecule is CN=C(NCc1nnc2c(Cl)cc(C(F)(F)F)cn12)NC1CC1C. The molecule has 3 rings (SSSR count). The van der Waals surface area contributed by atoms with E-state index in [1.807, 2.05) is 0 Å². The van der Waals surface area contributed by atoms with Crippen LogP contribution < -0.4 is 10.6 Å². The highest BCUT2D eigenvalue weighted by molar-refractivity contribution is 6.33.